The fourth-order valence-electron chi connectivity index (χ4n) is 1.79. The summed E-state index contributed by atoms with van der Waals surface area (Å²) in [5, 5.41) is 0. The van der Waals surface area contributed by atoms with Crippen LogP contribution in [0.1, 0.15) is 26.2 Å². The average Bonchev–Trinajstić information content (AvgIpc) is 2.41. The fourth-order valence-corrected chi connectivity index (χ4v) is 1.79. The van der Waals surface area contributed by atoms with E-state index in [-0.39, 0.29) is 5.91 Å². The molecule has 1 spiro atoms. The lowest BCUT2D eigenvalue weighted by Gasteiger charge is -2.12. The molecule has 0 aromatic carbocycles. The second-order valence-corrected chi connectivity index (χ2v) is 3.69. The Balaban J connectivity index is 1.99. The molecule has 0 bridgehead atoms. The lowest BCUT2D eigenvalue weighted by Crippen LogP contribution is -2.25. The molecule has 0 radical (unpaired) electrons. The number of nitrogens with zero attached hydrogens (tertiary/aromatic N) is 1. The first kappa shape index (κ1) is 6.20. The quantitative estimate of drug-likeness (QED) is 0.490. The van der Waals surface area contributed by atoms with Gasteiger partial charge in [-0.1, -0.05) is 0 Å². The Morgan fingerprint density at radius 3 is 2.40 bits per heavy atom. The molecular weight excluding hydrogens is 126 g/mol. The van der Waals surface area contributed by atoms with Crippen molar-refractivity contribution in [2.45, 2.75) is 26.2 Å². The van der Waals surface area contributed by atoms with E-state index >= 15 is 0 Å². The number of carbonyl (C=O) groups is 1. The van der Waals surface area contributed by atoms with Crippen molar-refractivity contribution in [1.82, 2.24) is 4.90 Å². The monoisotopic (exact) mass is 139 g/mol. The van der Waals surface area contributed by atoms with Gasteiger partial charge in [0.2, 0.25) is 5.91 Å². The van der Waals surface area contributed by atoms with E-state index in [2.05, 4.69) is 0 Å². The first-order chi connectivity index (χ1) is 4.72. The summed E-state index contributed by atoms with van der Waals surface area (Å²) >= 11 is 0. The Morgan fingerprint density at radius 1 is 1.40 bits per heavy atom. The molecule has 2 nitrogen and oxygen atoms in total. The minimum absolute atomic E-state index is 0.253. The van der Waals surface area contributed by atoms with Crippen molar-refractivity contribution in [2.75, 3.05) is 13.1 Å². The van der Waals surface area contributed by atoms with Crippen LogP contribution in [-0.4, -0.2) is 23.9 Å². The van der Waals surface area contributed by atoms with Gasteiger partial charge >= 0.3 is 0 Å². The standard InChI is InChI=1S/C8H13NO/c1-7(10)9-5-4-8(6-9)2-3-8/h2-6H2,1H3. The van der Waals surface area contributed by atoms with Crippen LogP contribution in [0.2, 0.25) is 0 Å². The fraction of sp³-hybridized carbons (Fsp3) is 0.875. The molecule has 2 fully saturated rings. The summed E-state index contributed by atoms with van der Waals surface area (Å²) in [7, 11) is 0. The zero-order valence-electron chi connectivity index (χ0n) is 6.39. The van der Waals surface area contributed by atoms with Crippen LogP contribution < -0.4 is 0 Å². The predicted octanol–water partition coefficient (Wildman–Crippen LogP) is 1.02. The predicted molar refractivity (Wildman–Crippen MR) is 38.5 cm³/mol. The largest absolute Gasteiger partial charge is 0.342 e. The van der Waals surface area contributed by atoms with Crippen LogP contribution in [0.5, 0.6) is 0 Å². The third-order valence-corrected chi connectivity index (χ3v) is 2.84. The van der Waals surface area contributed by atoms with E-state index in [1.54, 1.807) is 6.92 Å². The van der Waals surface area contributed by atoms with Crippen molar-refractivity contribution < 1.29 is 4.79 Å². The van der Waals surface area contributed by atoms with Gasteiger partial charge in [-0.15, -0.1) is 0 Å². The summed E-state index contributed by atoms with van der Waals surface area (Å²) < 4.78 is 0. The van der Waals surface area contributed by atoms with Gasteiger partial charge in [-0.05, 0) is 24.7 Å². The van der Waals surface area contributed by atoms with E-state index in [4.69, 9.17) is 0 Å². The van der Waals surface area contributed by atoms with Gasteiger partial charge in [0.1, 0.15) is 0 Å². The zero-order chi connectivity index (χ0) is 7.19. The molecule has 1 amide bonds. The summed E-state index contributed by atoms with van der Waals surface area (Å²) in [5.74, 6) is 0.253. The highest BCUT2D eigenvalue weighted by Gasteiger charge is 2.48. The number of rotatable bonds is 0. The third-order valence-electron chi connectivity index (χ3n) is 2.84. The third kappa shape index (κ3) is 0.825. The van der Waals surface area contributed by atoms with Crippen molar-refractivity contribution in [3.05, 3.63) is 0 Å². The Bertz CT molecular complexity index is 172. The minimum Gasteiger partial charge on any atom is -0.342 e. The van der Waals surface area contributed by atoms with E-state index in [1.165, 1.54) is 19.3 Å². The Hall–Kier alpha value is -0.530. The molecule has 0 unspecified atom stereocenters. The second kappa shape index (κ2) is 1.74. The topological polar surface area (TPSA) is 20.3 Å². The summed E-state index contributed by atoms with van der Waals surface area (Å²) in [6, 6.07) is 0. The molecule has 1 saturated carbocycles. The molecule has 1 aliphatic heterocycles. The van der Waals surface area contributed by atoms with Gasteiger partial charge in [0.25, 0.3) is 0 Å². The van der Waals surface area contributed by atoms with Crippen molar-refractivity contribution in [3.63, 3.8) is 0 Å². The molecule has 0 aromatic heterocycles. The van der Waals surface area contributed by atoms with Crippen LogP contribution in [0.25, 0.3) is 0 Å². The number of hydrogen-bond acceptors (Lipinski definition) is 1. The van der Waals surface area contributed by atoms with Crippen LogP contribution in [0, 0.1) is 5.41 Å². The van der Waals surface area contributed by atoms with Gasteiger partial charge in [0.15, 0.2) is 0 Å². The Kier molecular flexibility index (Phi) is 1.08. The maximum absolute atomic E-state index is 10.9. The van der Waals surface area contributed by atoms with Gasteiger partial charge < -0.3 is 4.90 Å². The molecule has 0 N–H and O–H groups in total. The average molecular weight is 139 g/mol. The van der Waals surface area contributed by atoms with E-state index in [1.807, 2.05) is 4.90 Å². The molecule has 1 saturated heterocycles. The lowest BCUT2D eigenvalue weighted by atomic mass is 10.1. The van der Waals surface area contributed by atoms with Crippen LogP contribution in [0.4, 0.5) is 0 Å². The zero-order valence-corrected chi connectivity index (χ0v) is 6.39. The van der Waals surface area contributed by atoms with Crippen molar-refractivity contribution in [2.24, 2.45) is 5.41 Å². The van der Waals surface area contributed by atoms with Gasteiger partial charge in [-0.3, -0.25) is 4.79 Å². The van der Waals surface area contributed by atoms with Gasteiger partial charge in [0.05, 0.1) is 0 Å². The van der Waals surface area contributed by atoms with Gasteiger partial charge in [-0.25, -0.2) is 0 Å². The van der Waals surface area contributed by atoms with Gasteiger partial charge in [0, 0.05) is 20.0 Å². The van der Waals surface area contributed by atoms with E-state index in [9.17, 15) is 4.79 Å². The summed E-state index contributed by atoms with van der Waals surface area (Å²) in [6.45, 7) is 3.72. The highest BCUT2D eigenvalue weighted by atomic mass is 16.2. The normalized spacial score (nSPS) is 27.5. The van der Waals surface area contributed by atoms with Crippen LogP contribution in [0.3, 0.4) is 0 Å². The highest BCUT2D eigenvalue weighted by Crippen LogP contribution is 2.52. The summed E-state index contributed by atoms with van der Waals surface area (Å²) in [4.78, 5) is 12.9. The maximum Gasteiger partial charge on any atom is 0.219 e. The first-order valence-corrected chi connectivity index (χ1v) is 3.97. The van der Waals surface area contributed by atoms with Crippen LogP contribution in [-0.2, 0) is 4.79 Å². The molecule has 1 aliphatic carbocycles. The minimum atomic E-state index is 0.253. The molecule has 1 heterocycles. The van der Waals surface area contributed by atoms with Crippen molar-refractivity contribution in [3.8, 4) is 0 Å². The molecule has 0 aromatic rings. The number of carbonyl (C=O) groups excluding carboxylic acids is 1. The first-order valence-electron chi connectivity index (χ1n) is 3.97. The molecule has 2 rings (SSSR count). The molecule has 2 heteroatoms. The smallest absolute Gasteiger partial charge is 0.219 e. The summed E-state index contributed by atoms with van der Waals surface area (Å²) in [5.41, 5.74) is 0.603. The van der Waals surface area contributed by atoms with E-state index in [0.717, 1.165) is 13.1 Å². The van der Waals surface area contributed by atoms with Crippen molar-refractivity contribution in [1.29, 1.82) is 0 Å². The van der Waals surface area contributed by atoms with Crippen LogP contribution in [0.15, 0.2) is 0 Å². The second-order valence-electron chi connectivity index (χ2n) is 3.69. The Labute approximate surface area is 61.2 Å². The lowest BCUT2D eigenvalue weighted by molar-refractivity contribution is -0.127. The number of amides is 1. The molecular formula is C8H13NO. The number of likely N-dealkylation sites (tertiary alicyclic amines) is 1. The van der Waals surface area contributed by atoms with E-state index in [0.29, 0.717) is 5.41 Å². The molecule has 10 heavy (non-hydrogen) atoms. The van der Waals surface area contributed by atoms with Crippen molar-refractivity contribution >= 4 is 5.91 Å². The van der Waals surface area contributed by atoms with E-state index < -0.39 is 0 Å². The summed E-state index contributed by atoms with van der Waals surface area (Å²) in [6.07, 6.45) is 3.97. The SMILES string of the molecule is CC(=O)N1CCC2(CC2)C1. The van der Waals surface area contributed by atoms with Crippen LogP contribution >= 0.6 is 0 Å². The Morgan fingerprint density at radius 2 is 2.10 bits per heavy atom. The molecule has 56 valence electrons. The number of hydrogen-bond donors (Lipinski definition) is 0. The molecule has 0 atom stereocenters. The molecule has 2 aliphatic rings. The highest BCUT2D eigenvalue weighted by molar-refractivity contribution is 5.73. The maximum atomic E-state index is 10.9. The van der Waals surface area contributed by atoms with Gasteiger partial charge in [-0.2, -0.15) is 0 Å².